The lowest BCUT2D eigenvalue weighted by Crippen LogP contribution is -2.03. The van der Waals surface area contributed by atoms with Crippen LogP contribution in [0.25, 0.3) is 105 Å². The predicted octanol–water partition coefficient (Wildman–Crippen LogP) is 11.7. The fourth-order valence-electron chi connectivity index (χ4n) is 7.71. The molecule has 0 N–H and O–H groups in total. The van der Waals surface area contributed by atoms with Crippen LogP contribution in [0.5, 0.6) is 0 Å². The molecule has 0 aliphatic rings. The summed E-state index contributed by atoms with van der Waals surface area (Å²) in [5.74, 6) is 0.642. The molecular formula is C45H26N4O. The second-order valence-corrected chi connectivity index (χ2v) is 12.8. The van der Waals surface area contributed by atoms with Gasteiger partial charge in [0.15, 0.2) is 0 Å². The quantitative estimate of drug-likeness (QED) is 0.181. The largest absolute Gasteiger partial charge is 0.456 e. The first-order chi connectivity index (χ1) is 24.8. The third kappa shape index (κ3) is 3.92. The standard InChI is InChI=1S/C45H26N4O/c1-2-12-27(13-3-1)43-32-17-5-9-19-38(32)47-45(48-43)49-39-20-10-6-15-30(39)34-24-28(22-23-40(34)49)44-36-26-42-35(31-16-7-11-21-41(31)50-42)25-33(36)29-14-4-8-18-37(29)46-44/h1-26H. The zero-order chi connectivity index (χ0) is 32.8. The molecule has 232 valence electrons. The minimum Gasteiger partial charge on any atom is -0.456 e. The molecule has 0 amide bonds. The molecule has 50 heavy (non-hydrogen) atoms. The highest BCUT2D eigenvalue weighted by atomic mass is 16.3. The maximum Gasteiger partial charge on any atom is 0.235 e. The molecule has 0 aliphatic carbocycles. The maximum absolute atomic E-state index is 6.37. The lowest BCUT2D eigenvalue weighted by Gasteiger charge is -2.12. The number of hydrogen-bond acceptors (Lipinski definition) is 4. The normalized spacial score (nSPS) is 12.0. The molecule has 0 aliphatic heterocycles. The van der Waals surface area contributed by atoms with Crippen molar-refractivity contribution in [3.8, 4) is 28.5 Å². The summed E-state index contributed by atoms with van der Waals surface area (Å²) in [5, 5.41) is 8.84. The molecule has 5 nitrogen and oxygen atoms in total. The molecule has 0 saturated carbocycles. The van der Waals surface area contributed by atoms with E-state index in [2.05, 4.69) is 132 Å². The van der Waals surface area contributed by atoms with Crippen LogP contribution in [0.4, 0.5) is 0 Å². The van der Waals surface area contributed by atoms with Gasteiger partial charge < -0.3 is 4.42 Å². The first-order valence-electron chi connectivity index (χ1n) is 16.8. The van der Waals surface area contributed by atoms with Gasteiger partial charge in [0, 0.05) is 48.8 Å². The summed E-state index contributed by atoms with van der Waals surface area (Å²) in [5.41, 5.74) is 9.63. The highest BCUT2D eigenvalue weighted by Crippen LogP contribution is 2.41. The van der Waals surface area contributed by atoms with E-state index < -0.39 is 0 Å². The van der Waals surface area contributed by atoms with E-state index in [1.54, 1.807) is 0 Å². The van der Waals surface area contributed by atoms with Crippen LogP contribution < -0.4 is 0 Å². The van der Waals surface area contributed by atoms with Gasteiger partial charge in [-0.2, -0.15) is 0 Å². The summed E-state index contributed by atoms with van der Waals surface area (Å²) in [4.78, 5) is 15.7. The first kappa shape index (κ1) is 27.1. The van der Waals surface area contributed by atoms with Crippen LogP contribution >= 0.6 is 0 Å². The van der Waals surface area contributed by atoms with Gasteiger partial charge in [-0.05, 0) is 53.9 Å². The molecule has 4 aromatic heterocycles. The van der Waals surface area contributed by atoms with Crippen LogP contribution in [-0.4, -0.2) is 19.5 Å². The van der Waals surface area contributed by atoms with Crippen molar-refractivity contribution in [2.75, 3.05) is 0 Å². The number of aromatic nitrogens is 4. The Morgan fingerprint density at radius 3 is 1.88 bits per heavy atom. The predicted molar refractivity (Wildman–Crippen MR) is 205 cm³/mol. The van der Waals surface area contributed by atoms with Crippen molar-refractivity contribution in [3.63, 3.8) is 0 Å². The zero-order valence-corrected chi connectivity index (χ0v) is 26.7. The smallest absolute Gasteiger partial charge is 0.235 e. The van der Waals surface area contributed by atoms with Gasteiger partial charge in [-0.25, -0.2) is 15.0 Å². The Labute approximate surface area is 285 Å². The van der Waals surface area contributed by atoms with E-state index in [0.29, 0.717) is 5.95 Å². The Morgan fingerprint density at radius 2 is 1.02 bits per heavy atom. The molecule has 5 heteroatoms. The number of para-hydroxylation sites is 4. The van der Waals surface area contributed by atoms with Gasteiger partial charge in [-0.15, -0.1) is 0 Å². The number of fused-ring (bicyclic) bond motifs is 10. The lowest BCUT2D eigenvalue weighted by atomic mass is 9.97. The van der Waals surface area contributed by atoms with E-state index in [-0.39, 0.29) is 0 Å². The van der Waals surface area contributed by atoms with Crippen LogP contribution in [0.15, 0.2) is 162 Å². The van der Waals surface area contributed by atoms with E-state index in [4.69, 9.17) is 19.4 Å². The van der Waals surface area contributed by atoms with Crippen LogP contribution in [0, 0.1) is 0 Å². The third-order valence-electron chi connectivity index (χ3n) is 9.98. The maximum atomic E-state index is 6.37. The third-order valence-corrected chi connectivity index (χ3v) is 9.98. The second kappa shape index (κ2) is 10.3. The molecule has 0 atom stereocenters. The molecule has 0 bridgehead atoms. The van der Waals surface area contributed by atoms with Crippen LogP contribution in [0.2, 0.25) is 0 Å². The number of pyridine rings is 1. The minimum atomic E-state index is 0.642. The Balaban J connectivity index is 1.19. The van der Waals surface area contributed by atoms with Crippen molar-refractivity contribution < 1.29 is 4.42 Å². The summed E-state index contributed by atoms with van der Waals surface area (Å²) >= 11 is 0. The van der Waals surface area contributed by atoms with E-state index in [1.165, 1.54) is 0 Å². The minimum absolute atomic E-state index is 0.642. The van der Waals surface area contributed by atoms with Gasteiger partial charge in [0.2, 0.25) is 5.95 Å². The fourth-order valence-corrected chi connectivity index (χ4v) is 7.71. The molecule has 0 unspecified atom stereocenters. The fraction of sp³-hybridized carbons (Fsp3) is 0. The number of nitrogens with zero attached hydrogens (tertiary/aromatic N) is 4. The van der Waals surface area contributed by atoms with Crippen molar-refractivity contribution in [1.82, 2.24) is 19.5 Å². The van der Waals surface area contributed by atoms with Crippen molar-refractivity contribution in [3.05, 3.63) is 158 Å². The topological polar surface area (TPSA) is 56.7 Å². The molecule has 11 rings (SSSR count). The molecule has 11 aromatic rings. The highest BCUT2D eigenvalue weighted by Gasteiger charge is 2.20. The van der Waals surface area contributed by atoms with E-state index >= 15 is 0 Å². The Kier molecular flexibility index (Phi) is 5.60. The number of benzene rings is 7. The Bertz CT molecular complexity index is 3160. The molecular weight excluding hydrogens is 613 g/mol. The van der Waals surface area contributed by atoms with Gasteiger partial charge >= 0.3 is 0 Å². The van der Waals surface area contributed by atoms with Crippen LogP contribution in [0.3, 0.4) is 0 Å². The van der Waals surface area contributed by atoms with E-state index in [1.807, 2.05) is 30.3 Å². The van der Waals surface area contributed by atoms with Crippen molar-refractivity contribution in [1.29, 1.82) is 0 Å². The summed E-state index contributed by atoms with van der Waals surface area (Å²) in [6.45, 7) is 0. The summed E-state index contributed by atoms with van der Waals surface area (Å²) in [7, 11) is 0. The molecule has 4 heterocycles. The van der Waals surface area contributed by atoms with Gasteiger partial charge in [0.05, 0.1) is 33.5 Å². The van der Waals surface area contributed by atoms with E-state index in [9.17, 15) is 0 Å². The van der Waals surface area contributed by atoms with Crippen molar-refractivity contribution >= 4 is 76.3 Å². The number of rotatable bonds is 3. The molecule has 0 spiro atoms. The average molecular weight is 639 g/mol. The SMILES string of the molecule is c1ccc(-c2nc(-n3c4ccccc4c4cc(-c5nc6ccccc6c6cc7c(cc56)oc5ccccc57)ccc43)nc3ccccc23)cc1. The highest BCUT2D eigenvalue weighted by molar-refractivity contribution is 6.19. The number of hydrogen-bond donors (Lipinski definition) is 0. The molecule has 0 fully saturated rings. The Morgan fingerprint density at radius 1 is 0.360 bits per heavy atom. The van der Waals surface area contributed by atoms with Gasteiger partial charge in [0.25, 0.3) is 0 Å². The molecule has 7 aromatic carbocycles. The second-order valence-electron chi connectivity index (χ2n) is 12.8. The summed E-state index contributed by atoms with van der Waals surface area (Å²) in [6.07, 6.45) is 0. The monoisotopic (exact) mass is 638 g/mol. The van der Waals surface area contributed by atoms with Crippen molar-refractivity contribution in [2.24, 2.45) is 0 Å². The first-order valence-corrected chi connectivity index (χ1v) is 16.8. The molecule has 0 radical (unpaired) electrons. The van der Waals surface area contributed by atoms with Crippen LogP contribution in [0.1, 0.15) is 0 Å². The zero-order valence-electron chi connectivity index (χ0n) is 26.7. The van der Waals surface area contributed by atoms with E-state index in [0.717, 1.165) is 98.8 Å². The van der Waals surface area contributed by atoms with Crippen molar-refractivity contribution in [2.45, 2.75) is 0 Å². The summed E-state index contributed by atoms with van der Waals surface area (Å²) in [6, 6.07) is 54.8. The van der Waals surface area contributed by atoms with Crippen LogP contribution in [-0.2, 0) is 0 Å². The summed E-state index contributed by atoms with van der Waals surface area (Å²) < 4.78 is 8.56. The number of furan rings is 1. The average Bonchev–Trinajstić information content (AvgIpc) is 3.71. The lowest BCUT2D eigenvalue weighted by molar-refractivity contribution is 0.669. The molecule has 0 saturated heterocycles. The van der Waals surface area contributed by atoms with Gasteiger partial charge in [-0.1, -0.05) is 109 Å². The Hall–Kier alpha value is -6.85. The van der Waals surface area contributed by atoms with Gasteiger partial charge in [0.1, 0.15) is 11.2 Å². The van der Waals surface area contributed by atoms with Gasteiger partial charge in [-0.3, -0.25) is 4.57 Å².